The summed E-state index contributed by atoms with van der Waals surface area (Å²) in [4.78, 5) is 28.4. The highest BCUT2D eigenvalue weighted by molar-refractivity contribution is 6.76. The molecule has 0 bridgehead atoms. The predicted octanol–water partition coefficient (Wildman–Crippen LogP) is 7.48. The number of aromatic nitrogens is 4. The fourth-order valence-electron chi connectivity index (χ4n) is 4.45. The van der Waals surface area contributed by atoms with Crippen LogP contribution in [0.2, 0.25) is 30.7 Å². The third-order valence-electron chi connectivity index (χ3n) is 6.59. The molecule has 1 aromatic carbocycles. The molecule has 0 saturated heterocycles. The van der Waals surface area contributed by atoms with Crippen molar-refractivity contribution in [3.8, 4) is 17.0 Å². The van der Waals surface area contributed by atoms with Gasteiger partial charge in [0.1, 0.15) is 30.3 Å². The van der Waals surface area contributed by atoms with Gasteiger partial charge in [-0.25, -0.2) is 24.1 Å². The molecular weight excluding hydrogens is 591 g/mol. The SMILES string of the molecule is CC(C)(C)OC(=O)N1CCOc2c(Nc3ccnc4c3ncn4COCC[Si](C)(C)C)cc(-c3cc(Cl)ccc3F)nc21. The molecule has 0 aliphatic carbocycles. The van der Waals surface area contributed by atoms with Crippen molar-refractivity contribution in [3.63, 3.8) is 0 Å². The standard InChI is InChI=1S/C30H36ClFN6O4Si/c1-30(2,3)42-29(39)38-11-12-41-26-24(16-23(36-28(26)38)20-15-19(31)7-8-21(20)32)35-22-9-10-33-27-25(22)34-17-37(27)18-40-13-14-43(4,5)6/h7-10,15-17H,11-14,18H2,1-6H3,(H,33,35,36). The summed E-state index contributed by atoms with van der Waals surface area (Å²) in [5.74, 6) is 0.0105. The van der Waals surface area contributed by atoms with Gasteiger partial charge in [0.15, 0.2) is 17.2 Å². The molecule has 10 nitrogen and oxygen atoms in total. The number of rotatable bonds is 8. The van der Waals surface area contributed by atoms with Gasteiger partial charge in [0.05, 0.1) is 29.9 Å². The van der Waals surface area contributed by atoms with Gasteiger partial charge < -0.3 is 19.5 Å². The molecule has 1 aliphatic rings. The second kappa shape index (κ2) is 12.1. The van der Waals surface area contributed by atoms with E-state index in [1.165, 1.54) is 23.1 Å². The third-order valence-corrected chi connectivity index (χ3v) is 8.53. The molecule has 228 valence electrons. The minimum atomic E-state index is -1.21. The molecule has 43 heavy (non-hydrogen) atoms. The average molecular weight is 627 g/mol. The summed E-state index contributed by atoms with van der Waals surface area (Å²) in [6.45, 7) is 13.7. The number of nitrogens with one attached hydrogen (secondary N) is 1. The Morgan fingerprint density at radius 1 is 1.16 bits per heavy atom. The maximum Gasteiger partial charge on any atom is 0.416 e. The van der Waals surface area contributed by atoms with Crippen LogP contribution in [0.1, 0.15) is 20.8 Å². The van der Waals surface area contributed by atoms with Crippen molar-refractivity contribution < 1.29 is 23.4 Å². The zero-order valence-corrected chi connectivity index (χ0v) is 27.0. The molecule has 0 fully saturated rings. The van der Waals surface area contributed by atoms with Crippen molar-refractivity contribution in [1.82, 2.24) is 19.5 Å². The maximum atomic E-state index is 15.0. The van der Waals surface area contributed by atoms with Crippen LogP contribution in [0.15, 0.2) is 42.9 Å². The number of benzene rings is 1. The fourth-order valence-corrected chi connectivity index (χ4v) is 5.38. The number of hydrogen-bond donors (Lipinski definition) is 1. The Kier molecular flexibility index (Phi) is 8.64. The minimum absolute atomic E-state index is 0.174. The van der Waals surface area contributed by atoms with Crippen LogP contribution >= 0.6 is 11.6 Å². The molecule has 0 atom stereocenters. The van der Waals surface area contributed by atoms with Gasteiger partial charge in [0, 0.05) is 31.5 Å². The van der Waals surface area contributed by atoms with E-state index in [-0.39, 0.29) is 30.2 Å². The lowest BCUT2D eigenvalue weighted by atomic mass is 10.1. The van der Waals surface area contributed by atoms with E-state index in [2.05, 4.69) is 39.9 Å². The van der Waals surface area contributed by atoms with Gasteiger partial charge >= 0.3 is 6.09 Å². The van der Waals surface area contributed by atoms with Crippen molar-refractivity contribution in [3.05, 3.63) is 53.7 Å². The van der Waals surface area contributed by atoms with E-state index in [0.29, 0.717) is 46.6 Å². The van der Waals surface area contributed by atoms with Gasteiger partial charge in [-0.1, -0.05) is 31.2 Å². The number of fused-ring (bicyclic) bond motifs is 2. The Bertz CT molecular complexity index is 1650. The van der Waals surface area contributed by atoms with Crippen molar-refractivity contribution in [2.45, 2.75) is 58.8 Å². The number of carbonyl (C=O) groups is 1. The highest BCUT2D eigenvalue weighted by Gasteiger charge is 2.32. The maximum absolute atomic E-state index is 15.0. The van der Waals surface area contributed by atoms with Crippen molar-refractivity contribution in [1.29, 1.82) is 0 Å². The van der Waals surface area contributed by atoms with Gasteiger partial charge in [0.2, 0.25) is 0 Å². The normalized spacial score (nSPS) is 13.5. The van der Waals surface area contributed by atoms with Crippen LogP contribution in [0.5, 0.6) is 5.75 Å². The number of halogens is 2. The Balaban J connectivity index is 1.54. The molecule has 4 aromatic rings. The number of anilines is 3. The van der Waals surface area contributed by atoms with E-state index in [0.717, 1.165) is 6.04 Å². The zero-order valence-electron chi connectivity index (χ0n) is 25.2. The van der Waals surface area contributed by atoms with E-state index in [1.807, 2.05) is 4.57 Å². The van der Waals surface area contributed by atoms with E-state index in [9.17, 15) is 4.79 Å². The van der Waals surface area contributed by atoms with Crippen LogP contribution in [-0.2, 0) is 16.2 Å². The van der Waals surface area contributed by atoms with Crippen molar-refractivity contribution >= 4 is 54.1 Å². The molecule has 1 N–H and O–H groups in total. The second-order valence-corrected chi connectivity index (χ2v) is 18.6. The number of amides is 1. The summed E-state index contributed by atoms with van der Waals surface area (Å²) < 4.78 is 34.5. The summed E-state index contributed by atoms with van der Waals surface area (Å²) in [5, 5.41) is 3.72. The second-order valence-electron chi connectivity index (χ2n) is 12.5. The number of hydrogen-bond acceptors (Lipinski definition) is 8. The van der Waals surface area contributed by atoms with E-state index < -0.39 is 25.6 Å². The molecule has 13 heteroatoms. The Hall–Kier alpha value is -3.74. The van der Waals surface area contributed by atoms with Crippen LogP contribution in [0, 0.1) is 5.82 Å². The lowest BCUT2D eigenvalue weighted by molar-refractivity contribution is 0.0566. The number of ether oxygens (including phenoxy) is 3. The molecular formula is C30H36ClFN6O4Si. The Labute approximate surface area is 256 Å². The van der Waals surface area contributed by atoms with Gasteiger partial charge in [-0.05, 0) is 57.1 Å². The quantitative estimate of drug-likeness (QED) is 0.159. The first kappa shape index (κ1) is 30.7. The van der Waals surface area contributed by atoms with Crippen LogP contribution in [-0.4, -0.2) is 59.0 Å². The average Bonchev–Trinajstić information content (AvgIpc) is 3.34. The zero-order chi connectivity index (χ0) is 30.9. The van der Waals surface area contributed by atoms with Crippen molar-refractivity contribution in [2.75, 3.05) is 30.0 Å². The Morgan fingerprint density at radius 3 is 2.70 bits per heavy atom. The summed E-state index contributed by atoms with van der Waals surface area (Å²) in [7, 11) is -1.21. The number of imidazole rings is 1. The molecule has 3 aromatic heterocycles. The van der Waals surface area contributed by atoms with Crippen LogP contribution in [0.25, 0.3) is 22.4 Å². The van der Waals surface area contributed by atoms with Crippen LogP contribution in [0.3, 0.4) is 0 Å². The van der Waals surface area contributed by atoms with Crippen molar-refractivity contribution in [2.24, 2.45) is 0 Å². The summed E-state index contributed by atoms with van der Waals surface area (Å²) in [6, 6.07) is 8.74. The molecule has 5 rings (SSSR count). The lowest BCUT2D eigenvalue weighted by Gasteiger charge is -2.32. The summed E-state index contributed by atoms with van der Waals surface area (Å²) in [6.07, 6.45) is 2.77. The first-order chi connectivity index (χ1) is 20.3. The van der Waals surface area contributed by atoms with Gasteiger partial charge in [-0.15, -0.1) is 0 Å². The van der Waals surface area contributed by atoms with Crippen LogP contribution in [0.4, 0.5) is 26.4 Å². The molecule has 1 amide bonds. The van der Waals surface area contributed by atoms with Crippen LogP contribution < -0.4 is 15.0 Å². The number of carbonyl (C=O) groups excluding carboxylic acids is 1. The molecule has 4 heterocycles. The monoisotopic (exact) mass is 626 g/mol. The molecule has 0 saturated carbocycles. The Morgan fingerprint density at radius 2 is 1.95 bits per heavy atom. The molecule has 1 aliphatic heterocycles. The smallest absolute Gasteiger partial charge is 0.416 e. The fraction of sp³-hybridized carbons (Fsp3) is 0.400. The number of nitrogens with zero attached hydrogens (tertiary/aromatic N) is 5. The topological polar surface area (TPSA) is 104 Å². The van der Waals surface area contributed by atoms with Gasteiger partial charge in [-0.3, -0.25) is 9.47 Å². The third kappa shape index (κ3) is 7.26. The highest BCUT2D eigenvalue weighted by atomic mass is 35.5. The highest BCUT2D eigenvalue weighted by Crippen LogP contribution is 2.43. The van der Waals surface area contributed by atoms with Gasteiger partial charge in [-0.2, -0.15) is 0 Å². The largest absolute Gasteiger partial charge is 0.486 e. The lowest BCUT2D eigenvalue weighted by Crippen LogP contribution is -2.42. The predicted molar refractivity (Wildman–Crippen MR) is 169 cm³/mol. The molecule has 0 spiro atoms. The van der Waals surface area contributed by atoms with E-state index in [4.69, 9.17) is 25.8 Å². The molecule has 0 unspecified atom stereocenters. The first-order valence-electron chi connectivity index (χ1n) is 14.1. The summed E-state index contributed by atoms with van der Waals surface area (Å²) >= 11 is 6.22. The van der Waals surface area contributed by atoms with Gasteiger partial charge in [0.25, 0.3) is 0 Å². The molecule has 0 radical (unpaired) electrons. The van der Waals surface area contributed by atoms with E-state index in [1.54, 1.807) is 45.4 Å². The minimum Gasteiger partial charge on any atom is -0.486 e. The van der Waals surface area contributed by atoms with E-state index >= 15 is 4.39 Å². The summed E-state index contributed by atoms with van der Waals surface area (Å²) in [5.41, 5.74) is 2.04. The first-order valence-corrected chi connectivity index (χ1v) is 18.2. The number of pyridine rings is 2.